The van der Waals surface area contributed by atoms with Gasteiger partial charge < -0.3 is 4.74 Å². The van der Waals surface area contributed by atoms with Crippen LogP contribution < -0.4 is 11.2 Å². The van der Waals surface area contributed by atoms with Crippen LogP contribution in [-0.4, -0.2) is 29.1 Å². The van der Waals surface area contributed by atoms with Gasteiger partial charge in [0.2, 0.25) is 0 Å². The van der Waals surface area contributed by atoms with Crippen LogP contribution >= 0.6 is 11.3 Å². The van der Waals surface area contributed by atoms with Gasteiger partial charge in [-0.2, -0.15) is 0 Å². The van der Waals surface area contributed by atoms with Crippen molar-refractivity contribution in [1.29, 1.82) is 0 Å². The van der Waals surface area contributed by atoms with Crippen molar-refractivity contribution in [1.82, 2.24) is 9.13 Å². The summed E-state index contributed by atoms with van der Waals surface area (Å²) in [5.74, 6) is 0. The maximum absolute atomic E-state index is 12.9. The standard InChI is InChI=1S/C16H20N2O4S/c1-9-10(8-19)23-14-12(9)13(20)18(11-7-16(11,2)3)15(21)17(14)5-6-22-4/h8,11H,5-7H2,1-4H3. The summed E-state index contributed by atoms with van der Waals surface area (Å²) in [5.41, 5.74) is 0.0148. The van der Waals surface area contributed by atoms with Crippen molar-refractivity contribution in [3.63, 3.8) is 0 Å². The second-order valence-electron chi connectivity index (χ2n) is 6.70. The Hall–Kier alpha value is -1.73. The molecule has 0 amide bonds. The molecule has 1 saturated carbocycles. The summed E-state index contributed by atoms with van der Waals surface area (Å²) in [7, 11) is 1.57. The van der Waals surface area contributed by atoms with Gasteiger partial charge in [0.25, 0.3) is 5.56 Å². The summed E-state index contributed by atoms with van der Waals surface area (Å²) >= 11 is 1.20. The van der Waals surface area contributed by atoms with Crippen molar-refractivity contribution in [3.05, 3.63) is 31.3 Å². The molecule has 7 heteroatoms. The zero-order valence-corrected chi connectivity index (χ0v) is 14.5. The minimum absolute atomic E-state index is 0.0484. The molecule has 0 aliphatic heterocycles. The van der Waals surface area contributed by atoms with E-state index in [0.29, 0.717) is 33.8 Å². The van der Waals surface area contributed by atoms with Gasteiger partial charge >= 0.3 is 5.69 Å². The highest BCUT2D eigenvalue weighted by atomic mass is 32.1. The number of hydrogen-bond donors (Lipinski definition) is 0. The first-order valence-electron chi connectivity index (χ1n) is 7.56. The van der Waals surface area contributed by atoms with E-state index < -0.39 is 0 Å². The smallest absolute Gasteiger partial charge is 0.332 e. The van der Waals surface area contributed by atoms with E-state index in [0.717, 1.165) is 12.7 Å². The average molecular weight is 336 g/mol. The number of aromatic nitrogens is 2. The number of aldehydes is 1. The van der Waals surface area contributed by atoms with Crippen LogP contribution in [0.5, 0.6) is 0 Å². The summed E-state index contributed by atoms with van der Waals surface area (Å²) in [6.45, 7) is 6.58. The molecule has 6 nitrogen and oxygen atoms in total. The fraction of sp³-hybridized carbons (Fsp3) is 0.562. The molecular weight excluding hydrogens is 316 g/mol. The van der Waals surface area contributed by atoms with Crippen molar-refractivity contribution >= 4 is 27.8 Å². The molecule has 0 saturated heterocycles. The van der Waals surface area contributed by atoms with Gasteiger partial charge in [-0.25, -0.2) is 4.79 Å². The van der Waals surface area contributed by atoms with Gasteiger partial charge in [0.15, 0.2) is 6.29 Å². The van der Waals surface area contributed by atoms with Crippen LogP contribution in [0.15, 0.2) is 9.59 Å². The predicted molar refractivity (Wildman–Crippen MR) is 89.8 cm³/mol. The molecular formula is C16H20N2O4S. The molecule has 0 bridgehead atoms. The van der Waals surface area contributed by atoms with Crippen LogP contribution in [0.4, 0.5) is 0 Å². The lowest BCUT2D eigenvalue weighted by atomic mass is 10.2. The molecule has 0 aromatic carbocycles. The van der Waals surface area contributed by atoms with E-state index in [4.69, 9.17) is 4.74 Å². The zero-order valence-electron chi connectivity index (χ0n) is 13.7. The van der Waals surface area contributed by atoms with Gasteiger partial charge in [-0.3, -0.25) is 18.7 Å². The second-order valence-corrected chi connectivity index (χ2v) is 7.73. The Morgan fingerprint density at radius 1 is 1.39 bits per heavy atom. The Bertz CT molecular complexity index is 903. The first kappa shape index (κ1) is 16.1. The number of hydrogen-bond acceptors (Lipinski definition) is 5. The Balaban J connectivity index is 2.37. The Labute approximate surface area is 137 Å². The zero-order chi connectivity index (χ0) is 16.9. The van der Waals surface area contributed by atoms with Gasteiger partial charge in [0.1, 0.15) is 4.83 Å². The van der Waals surface area contributed by atoms with E-state index in [9.17, 15) is 14.4 Å². The van der Waals surface area contributed by atoms with Gasteiger partial charge in [0.05, 0.1) is 23.4 Å². The summed E-state index contributed by atoms with van der Waals surface area (Å²) in [4.78, 5) is 38.1. The van der Waals surface area contributed by atoms with Crippen molar-refractivity contribution in [2.75, 3.05) is 13.7 Å². The highest BCUT2D eigenvalue weighted by molar-refractivity contribution is 7.20. The molecule has 3 rings (SSSR count). The van der Waals surface area contributed by atoms with Crippen LogP contribution in [0.3, 0.4) is 0 Å². The number of ether oxygens (including phenoxy) is 1. The Kier molecular flexibility index (Phi) is 3.80. The molecule has 1 aliphatic carbocycles. The third-order valence-corrected chi connectivity index (χ3v) is 5.92. The number of rotatable bonds is 5. The first-order valence-corrected chi connectivity index (χ1v) is 8.37. The highest BCUT2D eigenvalue weighted by Crippen LogP contribution is 2.54. The van der Waals surface area contributed by atoms with Gasteiger partial charge in [-0.05, 0) is 24.3 Å². The molecule has 2 aromatic rings. The molecule has 1 aliphatic rings. The molecule has 0 radical (unpaired) electrons. The molecule has 1 unspecified atom stereocenters. The third-order valence-electron chi connectivity index (χ3n) is 4.68. The van der Waals surface area contributed by atoms with Crippen molar-refractivity contribution in [3.8, 4) is 0 Å². The van der Waals surface area contributed by atoms with Crippen molar-refractivity contribution in [2.24, 2.45) is 5.41 Å². The fourth-order valence-corrected chi connectivity index (χ4v) is 4.16. The number of carbonyl (C=O) groups excluding carboxylic acids is 1. The maximum Gasteiger partial charge on any atom is 0.332 e. The largest absolute Gasteiger partial charge is 0.383 e. The molecule has 0 N–H and O–H groups in total. The minimum Gasteiger partial charge on any atom is -0.383 e. The maximum atomic E-state index is 12.9. The SMILES string of the molecule is COCCn1c(=O)n(C2CC2(C)C)c(=O)c2c(C)c(C=O)sc21. The number of thiophene rings is 1. The minimum atomic E-state index is -0.311. The van der Waals surface area contributed by atoms with Crippen LogP contribution in [-0.2, 0) is 11.3 Å². The summed E-state index contributed by atoms with van der Waals surface area (Å²) in [6, 6.07) is -0.0836. The summed E-state index contributed by atoms with van der Waals surface area (Å²) < 4.78 is 8.02. The molecule has 1 atom stereocenters. The normalized spacial score (nSPS) is 19.2. The fourth-order valence-electron chi connectivity index (χ4n) is 3.03. The molecule has 124 valence electrons. The number of fused-ring (bicyclic) bond motifs is 1. The van der Waals surface area contributed by atoms with Crippen LogP contribution in [0, 0.1) is 12.3 Å². The second kappa shape index (κ2) is 5.42. The topological polar surface area (TPSA) is 70.3 Å². The lowest BCUT2D eigenvalue weighted by Crippen LogP contribution is -2.40. The monoisotopic (exact) mass is 336 g/mol. The van der Waals surface area contributed by atoms with Crippen LogP contribution in [0.25, 0.3) is 10.2 Å². The van der Waals surface area contributed by atoms with Crippen molar-refractivity contribution in [2.45, 2.75) is 39.8 Å². The van der Waals surface area contributed by atoms with Gasteiger partial charge in [-0.1, -0.05) is 13.8 Å². The quantitative estimate of drug-likeness (QED) is 0.783. The van der Waals surface area contributed by atoms with Gasteiger partial charge in [0, 0.05) is 13.2 Å². The number of nitrogens with zero attached hydrogens (tertiary/aromatic N) is 2. The van der Waals surface area contributed by atoms with E-state index in [1.807, 2.05) is 13.8 Å². The summed E-state index contributed by atoms with van der Waals surface area (Å²) in [6.07, 6.45) is 1.55. The lowest BCUT2D eigenvalue weighted by molar-refractivity contribution is 0.112. The Morgan fingerprint density at radius 2 is 2.04 bits per heavy atom. The number of aryl methyl sites for hydroxylation is 1. The lowest BCUT2D eigenvalue weighted by Gasteiger charge is -2.13. The molecule has 2 heterocycles. The summed E-state index contributed by atoms with van der Waals surface area (Å²) in [5, 5.41) is 0.482. The molecule has 2 aromatic heterocycles. The predicted octanol–water partition coefficient (Wildman–Crippen LogP) is 1.96. The molecule has 23 heavy (non-hydrogen) atoms. The number of carbonyl (C=O) groups is 1. The van der Waals surface area contributed by atoms with Gasteiger partial charge in [-0.15, -0.1) is 11.3 Å². The van der Waals surface area contributed by atoms with Crippen molar-refractivity contribution < 1.29 is 9.53 Å². The highest BCUT2D eigenvalue weighted by Gasteiger charge is 2.49. The Morgan fingerprint density at radius 3 is 2.57 bits per heavy atom. The first-order chi connectivity index (χ1) is 10.8. The molecule has 0 spiro atoms. The number of methoxy groups -OCH3 is 1. The van der Waals surface area contributed by atoms with Crippen LogP contribution in [0.2, 0.25) is 0 Å². The van der Waals surface area contributed by atoms with E-state index in [1.54, 1.807) is 18.6 Å². The van der Waals surface area contributed by atoms with E-state index >= 15 is 0 Å². The average Bonchev–Trinajstić information content (AvgIpc) is 2.97. The molecule has 1 fully saturated rings. The van der Waals surface area contributed by atoms with E-state index in [2.05, 4.69) is 0 Å². The third kappa shape index (κ3) is 2.38. The van der Waals surface area contributed by atoms with Crippen LogP contribution in [0.1, 0.15) is 41.5 Å². The van der Waals surface area contributed by atoms with E-state index in [-0.39, 0.29) is 22.7 Å². The van der Waals surface area contributed by atoms with E-state index in [1.165, 1.54) is 15.9 Å².